The minimum atomic E-state index is -0.180. The molecule has 0 fully saturated rings. The molecular formula is C23H14BrN3O2S. The van der Waals surface area contributed by atoms with Crippen molar-refractivity contribution in [2.45, 2.75) is 0 Å². The SMILES string of the molecule is O=c1/c(=C\c2cccc(Oc3ccccc3)c2)sc2nc(-c3ccc(Br)cc3)nn12. The van der Waals surface area contributed by atoms with Crippen LogP contribution in [0.3, 0.4) is 0 Å². The quantitative estimate of drug-likeness (QED) is 0.370. The van der Waals surface area contributed by atoms with E-state index in [9.17, 15) is 4.79 Å². The molecular weight excluding hydrogens is 462 g/mol. The molecule has 0 radical (unpaired) electrons. The van der Waals surface area contributed by atoms with Crippen LogP contribution in [0.15, 0.2) is 88.1 Å². The van der Waals surface area contributed by atoms with Gasteiger partial charge in [0.25, 0.3) is 5.56 Å². The van der Waals surface area contributed by atoms with Crippen molar-refractivity contribution in [3.8, 4) is 22.9 Å². The molecule has 3 aromatic carbocycles. The number of rotatable bonds is 4. The van der Waals surface area contributed by atoms with E-state index in [0.717, 1.165) is 21.3 Å². The number of aromatic nitrogens is 3. The number of nitrogens with zero attached hydrogens (tertiary/aromatic N) is 3. The summed E-state index contributed by atoms with van der Waals surface area (Å²) in [5.41, 5.74) is 1.56. The smallest absolute Gasteiger partial charge is 0.291 e. The molecule has 0 aliphatic carbocycles. The fourth-order valence-electron chi connectivity index (χ4n) is 3.00. The highest BCUT2D eigenvalue weighted by Gasteiger charge is 2.12. The average molecular weight is 476 g/mol. The van der Waals surface area contributed by atoms with Gasteiger partial charge in [-0.25, -0.2) is 0 Å². The summed E-state index contributed by atoms with van der Waals surface area (Å²) in [5.74, 6) is 2.01. The Morgan fingerprint density at radius 1 is 0.933 bits per heavy atom. The molecule has 7 heteroatoms. The third kappa shape index (κ3) is 3.77. The normalized spacial score (nSPS) is 11.8. The molecule has 0 aliphatic rings. The van der Waals surface area contributed by atoms with Gasteiger partial charge in [-0.05, 0) is 48.0 Å². The molecule has 2 heterocycles. The van der Waals surface area contributed by atoms with Crippen LogP contribution in [-0.2, 0) is 0 Å². The van der Waals surface area contributed by atoms with Gasteiger partial charge >= 0.3 is 0 Å². The van der Waals surface area contributed by atoms with E-state index in [0.29, 0.717) is 21.1 Å². The second-order valence-electron chi connectivity index (χ2n) is 6.54. The van der Waals surface area contributed by atoms with Gasteiger partial charge in [0.2, 0.25) is 4.96 Å². The first kappa shape index (κ1) is 18.7. The first-order chi connectivity index (χ1) is 14.7. The summed E-state index contributed by atoms with van der Waals surface area (Å²) < 4.78 is 8.79. The van der Waals surface area contributed by atoms with Gasteiger partial charge in [0.15, 0.2) is 5.82 Å². The molecule has 0 saturated heterocycles. The Labute approximate surface area is 184 Å². The Morgan fingerprint density at radius 2 is 1.70 bits per heavy atom. The maximum Gasteiger partial charge on any atom is 0.291 e. The molecule has 0 amide bonds. The summed E-state index contributed by atoms with van der Waals surface area (Å²) in [4.78, 5) is 17.9. The zero-order chi connectivity index (χ0) is 20.5. The van der Waals surface area contributed by atoms with Gasteiger partial charge in [0.05, 0.1) is 4.53 Å². The summed E-state index contributed by atoms with van der Waals surface area (Å²) >= 11 is 4.73. The van der Waals surface area contributed by atoms with E-state index in [4.69, 9.17) is 4.74 Å². The van der Waals surface area contributed by atoms with Crippen LogP contribution in [0, 0.1) is 0 Å². The molecule has 0 saturated carbocycles. The van der Waals surface area contributed by atoms with Crippen molar-refractivity contribution in [1.29, 1.82) is 0 Å². The highest BCUT2D eigenvalue weighted by molar-refractivity contribution is 9.10. The molecule has 0 atom stereocenters. The molecule has 30 heavy (non-hydrogen) atoms. The second kappa shape index (κ2) is 7.85. The first-order valence-corrected chi connectivity index (χ1v) is 10.8. The van der Waals surface area contributed by atoms with Gasteiger partial charge in [-0.1, -0.05) is 69.7 Å². The van der Waals surface area contributed by atoms with Gasteiger partial charge in [-0.2, -0.15) is 9.50 Å². The van der Waals surface area contributed by atoms with E-state index in [-0.39, 0.29) is 5.56 Å². The molecule has 0 unspecified atom stereocenters. The van der Waals surface area contributed by atoms with E-state index in [1.165, 1.54) is 15.9 Å². The Kier molecular flexibility index (Phi) is 4.90. The minimum absolute atomic E-state index is 0.180. The van der Waals surface area contributed by atoms with Crippen molar-refractivity contribution in [3.05, 3.63) is 104 Å². The summed E-state index contributed by atoms with van der Waals surface area (Å²) in [7, 11) is 0. The van der Waals surface area contributed by atoms with E-state index >= 15 is 0 Å². The third-order valence-corrected chi connectivity index (χ3v) is 5.91. The van der Waals surface area contributed by atoms with Crippen molar-refractivity contribution in [1.82, 2.24) is 14.6 Å². The lowest BCUT2D eigenvalue weighted by Gasteiger charge is -2.05. The fraction of sp³-hybridized carbons (Fsp3) is 0. The molecule has 0 bridgehead atoms. The van der Waals surface area contributed by atoms with Crippen LogP contribution in [0.2, 0.25) is 0 Å². The zero-order valence-corrected chi connectivity index (χ0v) is 17.9. The fourth-order valence-corrected chi connectivity index (χ4v) is 4.17. The van der Waals surface area contributed by atoms with Crippen LogP contribution in [-0.4, -0.2) is 14.6 Å². The summed E-state index contributed by atoms with van der Waals surface area (Å²) in [6, 6.07) is 24.9. The lowest BCUT2D eigenvalue weighted by Crippen LogP contribution is -2.23. The van der Waals surface area contributed by atoms with E-state index in [1.807, 2.05) is 84.9 Å². The monoisotopic (exact) mass is 475 g/mol. The second-order valence-corrected chi connectivity index (χ2v) is 8.46. The highest BCUT2D eigenvalue weighted by Crippen LogP contribution is 2.22. The van der Waals surface area contributed by atoms with Gasteiger partial charge < -0.3 is 4.74 Å². The molecule has 2 aromatic heterocycles. The Balaban J connectivity index is 1.48. The van der Waals surface area contributed by atoms with Gasteiger partial charge in [0, 0.05) is 10.0 Å². The molecule has 5 aromatic rings. The summed E-state index contributed by atoms with van der Waals surface area (Å²) in [6.45, 7) is 0. The number of halogens is 1. The van der Waals surface area contributed by atoms with Crippen LogP contribution in [0.1, 0.15) is 5.56 Å². The van der Waals surface area contributed by atoms with Crippen molar-refractivity contribution in [2.24, 2.45) is 0 Å². The molecule has 0 aliphatic heterocycles. The maximum atomic E-state index is 12.8. The summed E-state index contributed by atoms with van der Waals surface area (Å²) in [6.07, 6.45) is 1.83. The van der Waals surface area contributed by atoms with Crippen molar-refractivity contribution in [3.63, 3.8) is 0 Å². The predicted molar refractivity (Wildman–Crippen MR) is 122 cm³/mol. The molecule has 0 N–H and O–H groups in total. The lowest BCUT2D eigenvalue weighted by molar-refractivity contribution is 0.482. The molecule has 5 rings (SSSR count). The number of benzene rings is 3. The molecule has 0 spiro atoms. The first-order valence-electron chi connectivity index (χ1n) is 9.16. The van der Waals surface area contributed by atoms with Gasteiger partial charge in [0.1, 0.15) is 11.5 Å². The molecule has 5 nitrogen and oxygen atoms in total. The summed E-state index contributed by atoms with van der Waals surface area (Å²) in [5, 5.41) is 4.39. The Morgan fingerprint density at radius 3 is 2.47 bits per heavy atom. The highest BCUT2D eigenvalue weighted by atomic mass is 79.9. The molecule has 146 valence electrons. The standard InChI is InChI=1S/C23H14BrN3O2S/c24-17-11-9-16(10-12-17)21-25-23-27(26-21)22(28)20(30-23)14-15-5-4-8-19(13-15)29-18-6-2-1-3-7-18/h1-14H/b20-14+. The van der Waals surface area contributed by atoms with Gasteiger partial charge in [-0.3, -0.25) is 4.79 Å². The van der Waals surface area contributed by atoms with Crippen molar-refractivity contribution >= 4 is 38.3 Å². The van der Waals surface area contributed by atoms with Crippen LogP contribution in [0.5, 0.6) is 11.5 Å². The van der Waals surface area contributed by atoms with Crippen molar-refractivity contribution in [2.75, 3.05) is 0 Å². The third-order valence-electron chi connectivity index (χ3n) is 4.42. The lowest BCUT2D eigenvalue weighted by atomic mass is 10.2. The van der Waals surface area contributed by atoms with Crippen LogP contribution >= 0.6 is 27.3 Å². The number of hydrogen-bond acceptors (Lipinski definition) is 5. The van der Waals surface area contributed by atoms with E-state index < -0.39 is 0 Å². The van der Waals surface area contributed by atoms with Crippen LogP contribution in [0.25, 0.3) is 22.4 Å². The largest absolute Gasteiger partial charge is 0.457 e. The van der Waals surface area contributed by atoms with E-state index in [2.05, 4.69) is 26.0 Å². The van der Waals surface area contributed by atoms with Crippen LogP contribution in [0.4, 0.5) is 0 Å². The number of para-hydroxylation sites is 1. The Hall–Kier alpha value is -3.29. The minimum Gasteiger partial charge on any atom is -0.457 e. The van der Waals surface area contributed by atoms with Crippen LogP contribution < -0.4 is 14.8 Å². The average Bonchev–Trinajstić information content (AvgIpc) is 3.29. The van der Waals surface area contributed by atoms with Gasteiger partial charge in [-0.15, -0.1) is 5.10 Å². The predicted octanol–water partition coefficient (Wildman–Crippen LogP) is 4.92. The Bertz CT molecular complexity index is 1440. The number of thiazole rings is 1. The topological polar surface area (TPSA) is 56.5 Å². The number of fused-ring (bicyclic) bond motifs is 1. The van der Waals surface area contributed by atoms with E-state index in [1.54, 1.807) is 0 Å². The van der Waals surface area contributed by atoms with Crippen molar-refractivity contribution < 1.29 is 4.74 Å². The number of hydrogen-bond donors (Lipinski definition) is 0. The zero-order valence-electron chi connectivity index (χ0n) is 15.5. The maximum absolute atomic E-state index is 12.8. The number of ether oxygens (including phenoxy) is 1.